The molecule has 34 heavy (non-hydrogen) atoms. The molecule has 2 aromatic carbocycles. The number of rotatable bonds is 9. The molecular weight excluding hydrogens is 463 g/mol. The summed E-state index contributed by atoms with van der Waals surface area (Å²) >= 11 is 0. The number of anilines is 3. The highest BCUT2D eigenvalue weighted by atomic mass is 19.4. The average Bonchev–Trinajstić information content (AvgIpc) is 2.76. The highest BCUT2D eigenvalue weighted by Gasteiger charge is 2.31. The molecule has 0 aliphatic rings. The first-order chi connectivity index (χ1) is 16.0. The van der Waals surface area contributed by atoms with Gasteiger partial charge in [-0.15, -0.1) is 13.2 Å². The first-order valence-corrected chi connectivity index (χ1v) is 9.34. The van der Waals surface area contributed by atoms with E-state index in [2.05, 4.69) is 25.3 Å². The Kier molecular flexibility index (Phi) is 6.99. The molecule has 14 heteroatoms. The van der Waals surface area contributed by atoms with Gasteiger partial charge in [0, 0.05) is 11.6 Å². The molecule has 0 saturated carbocycles. The quantitative estimate of drug-likeness (QED) is 0.301. The third-order valence-corrected chi connectivity index (χ3v) is 4.15. The lowest BCUT2D eigenvalue weighted by Crippen LogP contribution is -2.17. The van der Waals surface area contributed by atoms with Crippen molar-refractivity contribution in [3.63, 3.8) is 0 Å². The molecule has 0 unspecified atom stereocenters. The highest BCUT2D eigenvalue weighted by Crippen LogP contribution is 2.33. The molecule has 1 aromatic heterocycles. The van der Waals surface area contributed by atoms with Gasteiger partial charge in [-0.3, -0.25) is 14.9 Å². The molecule has 0 amide bonds. The first-order valence-electron chi connectivity index (χ1n) is 9.34. The van der Waals surface area contributed by atoms with Crippen LogP contribution in [0.25, 0.3) is 11.3 Å². The Morgan fingerprint density at radius 3 is 2.56 bits per heavy atom. The maximum Gasteiger partial charge on any atom is 0.573 e. The minimum Gasteiger partial charge on any atom is -0.496 e. The number of carboxylic acids is 1. The molecule has 0 saturated heterocycles. The largest absolute Gasteiger partial charge is 0.573 e. The molecule has 1 heterocycles. The second kappa shape index (κ2) is 9.89. The maximum atomic E-state index is 12.6. The summed E-state index contributed by atoms with van der Waals surface area (Å²) in [5.74, 6) is -1.64. The lowest BCUT2D eigenvalue weighted by Gasteiger charge is -2.13. The molecule has 0 radical (unpaired) electrons. The van der Waals surface area contributed by atoms with E-state index >= 15 is 0 Å². The number of methoxy groups -OCH3 is 1. The molecule has 3 N–H and O–H groups in total. The number of alkyl halides is 3. The zero-order valence-electron chi connectivity index (χ0n) is 17.3. The summed E-state index contributed by atoms with van der Waals surface area (Å²) in [4.78, 5) is 29.9. The van der Waals surface area contributed by atoms with Crippen LogP contribution in [-0.4, -0.2) is 46.0 Å². The maximum absolute atomic E-state index is 12.6. The van der Waals surface area contributed by atoms with E-state index in [1.165, 1.54) is 43.5 Å². The zero-order chi connectivity index (χ0) is 24.9. The molecule has 0 fully saturated rings. The highest BCUT2D eigenvalue weighted by molar-refractivity contribution is 5.75. The van der Waals surface area contributed by atoms with Crippen LogP contribution in [0.1, 0.15) is 0 Å². The van der Waals surface area contributed by atoms with Crippen molar-refractivity contribution in [1.29, 1.82) is 0 Å². The number of benzene rings is 2. The van der Waals surface area contributed by atoms with E-state index in [0.29, 0.717) is 0 Å². The third-order valence-electron chi connectivity index (χ3n) is 4.15. The summed E-state index contributed by atoms with van der Waals surface area (Å²) < 4.78 is 46.7. The summed E-state index contributed by atoms with van der Waals surface area (Å²) in [6.45, 7) is -0.553. The van der Waals surface area contributed by atoms with E-state index in [4.69, 9.17) is 9.84 Å². The van der Waals surface area contributed by atoms with Crippen molar-refractivity contribution in [1.82, 2.24) is 9.97 Å². The van der Waals surface area contributed by atoms with Crippen LogP contribution in [0.15, 0.2) is 48.5 Å². The van der Waals surface area contributed by atoms with Crippen LogP contribution in [0, 0.1) is 10.1 Å². The fourth-order valence-electron chi connectivity index (χ4n) is 2.78. The fourth-order valence-corrected chi connectivity index (χ4v) is 2.78. The second-order valence-electron chi connectivity index (χ2n) is 6.55. The predicted octanol–water partition coefficient (Wildman–Crippen LogP) is 4.20. The molecule has 0 spiro atoms. The minimum atomic E-state index is -4.90. The molecule has 178 valence electrons. The molecule has 11 nitrogen and oxygen atoms in total. The Morgan fingerprint density at radius 1 is 1.15 bits per heavy atom. The van der Waals surface area contributed by atoms with Gasteiger partial charge in [-0.2, -0.15) is 4.98 Å². The van der Waals surface area contributed by atoms with Crippen molar-refractivity contribution in [3.8, 4) is 22.8 Å². The predicted molar refractivity (Wildman–Crippen MR) is 113 cm³/mol. The number of nitro groups is 1. The van der Waals surface area contributed by atoms with Crippen LogP contribution in [0.4, 0.5) is 36.3 Å². The van der Waals surface area contributed by atoms with Gasteiger partial charge in [0.25, 0.3) is 5.69 Å². The third kappa shape index (κ3) is 6.44. The number of nitrogens with one attached hydrogen (secondary N) is 2. The Balaban J connectivity index is 2.03. The van der Waals surface area contributed by atoms with E-state index in [1.807, 2.05) is 0 Å². The smallest absolute Gasteiger partial charge is 0.496 e. The van der Waals surface area contributed by atoms with Crippen molar-refractivity contribution >= 4 is 29.1 Å². The van der Waals surface area contributed by atoms with Crippen LogP contribution >= 0.6 is 0 Å². The van der Waals surface area contributed by atoms with E-state index in [1.54, 1.807) is 0 Å². The topological polar surface area (TPSA) is 149 Å². The number of aliphatic carboxylic acids is 1. The molecule has 0 bridgehead atoms. The van der Waals surface area contributed by atoms with Crippen LogP contribution < -0.4 is 20.1 Å². The first kappa shape index (κ1) is 24.0. The molecule has 3 aromatic rings. The average molecular weight is 479 g/mol. The SMILES string of the molecule is COc1ccc(Nc2cc(-c3cccc(OC(F)(F)F)c3)nc(NCC(=O)O)n2)c([N+](=O)[O-])c1. The summed E-state index contributed by atoms with van der Waals surface area (Å²) in [5, 5.41) is 25.6. The van der Waals surface area contributed by atoms with Crippen LogP contribution in [0.5, 0.6) is 11.5 Å². The number of carboxylic acid groups (broad SMARTS) is 1. The fraction of sp³-hybridized carbons (Fsp3) is 0.150. The molecule has 3 rings (SSSR count). The number of aromatic nitrogens is 2. The van der Waals surface area contributed by atoms with Crippen LogP contribution in [0.3, 0.4) is 0 Å². The van der Waals surface area contributed by atoms with Gasteiger partial charge in [-0.05, 0) is 24.3 Å². The van der Waals surface area contributed by atoms with Gasteiger partial charge >= 0.3 is 12.3 Å². The van der Waals surface area contributed by atoms with E-state index in [0.717, 1.165) is 12.1 Å². The van der Waals surface area contributed by atoms with E-state index in [9.17, 15) is 28.1 Å². The van der Waals surface area contributed by atoms with Crippen molar-refractivity contribution in [2.75, 3.05) is 24.3 Å². The molecular formula is C20H16F3N5O6. The van der Waals surface area contributed by atoms with E-state index < -0.39 is 29.5 Å². The standard InChI is InChI=1S/C20H16F3N5O6/c1-33-12-5-6-14(16(8-12)28(31)32)25-17-9-15(26-19(27-17)24-10-18(29)30)11-3-2-4-13(7-11)34-20(21,22)23/h2-9H,10H2,1H3,(H,29,30)(H2,24,25,26,27). The van der Waals surface area contributed by atoms with Crippen molar-refractivity contribution < 1.29 is 37.5 Å². The number of nitrogens with zero attached hydrogens (tertiary/aromatic N) is 3. The number of hydrogen-bond acceptors (Lipinski definition) is 9. The number of carbonyl (C=O) groups is 1. The molecule has 0 aliphatic heterocycles. The van der Waals surface area contributed by atoms with Gasteiger partial charge in [0.1, 0.15) is 29.5 Å². The Bertz CT molecular complexity index is 1220. The summed E-state index contributed by atoms with van der Waals surface area (Å²) in [6, 6.07) is 10.3. The zero-order valence-corrected chi connectivity index (χ0v) is 17.3. The van der Waals surface area contributed by atoms with Gasteiger partial charge in [0.05, 0.1) is 23.8 Å². The van der Waals surface area contributed by atoms with Crippen molar-refractivity contribution in [2.45, 2.75) is 6.36 Å². The van der Waals surface area contributed by atoms with Gasteiger partial charge in [0.15, 0.2) is 0 Å². The van der Waals surface area contributed by atoms with Gasteiger partial charge in [-0.1, -0.05) is 12.1 Å². The van der Waals surface area contributed by atoms with E-state index in [-0.39, 0.29) is 40.1 Å². The number of hydrogen-bond donors (Lipinski definition) is 3. The lowest BCUT2D eigenvalue weighted by molar-refractivity contribution is -0.384. The van der Waals surface area contributed by atoms with Crippen LogP contribution in [-0.2, 0) is 4.79 Å². The van der Waals surface area contributed by atoms with Gasteiger partial charge in [0.2, 0.25) is 5.95 Å². The monoisotopic (exact) mass is 479 g/mol. The Morgan fingerprint density at radius 2 is 1.91 bits per heavy atom. The number of nitro benzene ring substituents is 1. The number of halogens is 3. The summed E-state index contributed by atoms with van der Waals surface area (Å²) in [5.41, 5.74) is -0.0158. The summed E-state index contributed by atoms with van der Waals surface area (Å²) in [6.07, 6.45) is -4.90. The Hall–Kier alpha value is -4.62. The Labute approximate surface area is 189 Å². The molecule has 0 aliphatic carbocycles. The van der Waals surface area contributed by atoms with Crippen molar-refractivity contribution in [3.05, 3.63) is 58.6 Å². The van der Waals surface area contributed by atoms with Gasteiger partial charge < -0.3 is 25.2 Å². The lowest BCUT2D eigenvalue weighted by atomic mass is 10.1. The van der Waals surface area contributed by atoms with Crippen molar-refractivity contribution in [2.24, 2.45) is 0 Å². The minimum absolute atomic E-state index is 0.00768. The molecule has 0 atom stereocenters. The van der Waals surface area contributed by atoms with Crippen LogP contribution in [0.2, 0.25) is 0 Å². The normalized spacial score (nSPS) is 10.9. The second-order valence-corrected chi connectivity index (χ2v) is 6.55. The summed E-state index contributed by atoms with van der Waals surface area (Å²) in [7, 11) is 1.35. The number of ether oxygens (including phenoxy) is 2. The van der Waals surface area contributed by atoms with Gasteiger partial charge in [-0.25, -0.2) is 4.98 Å².